The summed E-state index contributed by atoms with van der Waals surface area (Å²) in [5.74, 6) is -0.347. The molecule has 3 aromatic rings. The first-order chi connectivity index (χ1) is 11.1. The van der Waals surface area contributed by atoms with E-state index in [1.54, 1.807) is 25.4 Å². The normalized spacial score (nSPS) is 16.9. The third-order valence-electron chi connectivity index (χ3n) is 4.01. The van der Waals surface area contributed by atoms with Crippen molar-refractivity contribution in [2.24, 2.45) is 0 Å². The fraction of sp³-hybridized carbons (Fsp3) is 0.176. The number of carbonyl (C=O) groups excluding carboxylic acids is 1. The van der Waals surface area contributed by atoms with E-state index in [9.17, 15) is 9.59 Å². The van der Waals surface area contributed by atoms with Crippen LogP contribution in [0.25, 0.3) is 11.0 Å². The number of fused-ring (bicyclic) bond motifs is 2. The second-order valence-corrected chi connectivity index (χ2v) is 5.59. The number of aromatic nitrogens is 3. The lowest BCUT2D eigenvalue weighted by Gasteiger charge is -2.24. The van der Waals surface area contributed by atoms with E-state index in [0.29, 0.717) is 17.0 Å². The van der Waals surface area contributed by atoms with E-state index in [2.05, 4.69) is 15.0 Å². The van der Waals surface area contributed by atoms with Crippen LogP contribution in [0, 0.1) is 6.92 Å². The smallest absolute Gasteiger partial charge is 0.312 e. The molecule has 0 fully saturated rings. The van der Waals surface area contributed by atoms with Crippen LogP contribution in [0.15, 0.2) is 41.5 Å². The fourth-order valence-electron chi connectivity index (χ4n) is 3.00. The van der Waals surface area contributed by atoms with Crippen LogP contribution in [0.5, 0.6) is 5.75 Å². The Morgan fingerprint density at radius 1 is 1.13 bits per heavy atom. The van der Waals surface area contributed by atoms with Crippen molar-refractivity contribution in [1.29, 1.82) is 0 Å². The number of aromatic amines is 1. The topological polar surface area (TPSA) is 84.9 Å². The van der Waals surface area contributed by atoms with E-state index < -0.39 is 0 Å². The van der Waals surface area contributed by atoms with Crippen molar-refractivity contribution in [1.82, 2.24) is 15.0 Å². The monoisotopic (exact) mass is 307 g/mol. The summed E-state index contributed by atoms with van der Waals surface area (Å²) in [5.41, 5.74) is 3.27. The van der Waals surface area contributed by atoms with Crippen LogP contribution in [0.3, 0.4) is 0 Å². The molecule has 114 valence electrons. The van der Waals surface area contributed by atoms with Gasteiger partial charge in [-0.05, 0) is 24.6 Å². The van der Waals surface area contributed by atoms with E-state index in [4.69, 9.17) is 4.74 Å². The predicted molar refractivity (Wildman–Crippen MR) is 83.4 cm³/mol. The average molecular weight is 307 g/mol. The van der Waals surface area contributed by atoms with Gasteiger partial charge in [-0.3, -0.25) is 19.6 Å². The van der Waals surface area contributed by atoms with Crippen molar-refractivity contribution >= 4 is 17.0 Å². The number of carbonyl (C=O) groups is 1. The molecule has 2 aromatic heterocycles. The van der Waals surface area contributed by atoms with Gasteiger partial charge in [0.15, 0.2) is 0 Å². The van der Waals surface area contributed by atoms with Crippen molar-refractivity contribution < 1.29 is 9.53 Å². The molecule has 1 aliphatic heterocycles. The van der Waals surface area contributed by atoms with E-state index >= 15 is 0 Å². The predicted octanol–water partition coefficient (Wildman–Crippen LogP) is 2.07. The molecule has 0 saturated heterocycles. The summed E-state index contributed by atoms with van der Waals surface area (Å²) in [6.07, 6.45) is 3.37. The van der Waals surface area contributed by atoms with Gasteiger partial charge in [-0.1, -0.05) is 6.07 Å². The Morgan fingerprint density at radius 2 is 1.91 bits per heavy atom. The summed E-state index contributed by atoms with van der Waals surface area (Å²) in [5, 5.41) is 0. The van der Waals surface area contributed by atoms with Gasteiger partial charge in [-0.2, -0.15) is 0 Å². The van der Waals surface area contributed by atoms with Crippen molar-refractivity contribution in [2.75, 3.05) is 0 Å². The molecule has 0 unspecified atom stereocenters. The van der Waals surface area contributed by atoms with E-state index in [1.807, 2.05) is 18.2 Å². The molecule has 1 aliphatic rings. The van der Waals surface area contributed by atoms with Crippen LogP contribution in [0.2, 0.25) is 0 Å². The van der Waals surface area contributed by atoms with E-state index in [-0.39, 0.29) is 23.9 Å². The molecule has 23 heavy (non-hydrogen) atoms. The average Bonchev–Trinajstić information content (AvgIpc) is 2.53. The Morgan fingerprint density at radius 3 is 2.74 bits per heavy atom. The molecular weight excluding hydrogens is 294 g/mol. The standard InChI is InChI=1S/C17H13N3O3/c1-9-6-14-16(17(22)20-9)11(8-15(21)23-14)10-2-3-12-13(7-10)19-5-4-18-12/h2-7,11H,8H2,1H3,(H,20,22)/t11-/m0/s1. The zero-order chi connectivity index (χ0) is 16.0. The van der Waals surface area contributed by atoms with Gasteiger partial charge in [-0.25, -0.2) is 0 Å². The third kappa shape index (κ3) is 2.28. The van der Waals surface area contributed by atoms with Crippen LogP contribution >= 0.6 is 0 Å². The highest BCUT2D eigenvalue weighted by Crippen LogP contribution is 2.37. The second kappa shape index (κ2) is 5.01. The lowest BCUT2D eigenvalue weighted by molar-refractivity contribution is -0.135. The molecule has 3 heterocycles. The number of H-pyrrole nitrogens is 1. The highest BCUT2D eigenvalue weighted by molar-refractivity contribution is 5.79. The number of benzene rings is 1. The molecule has 0 radical (unpaired) electrons. The van der Waals surface area contributed by atoms with Crippen LogP contribution in [0.1, 0.15) is 29.2 Å². The second-order valence-electron chi connectivity index (χ2n) is 5.59. The maximum absolute atomic E-state index is 12.4. The van der Waals surface area contributed by atoms with Gasteiger partial charge in [0.05, 0.1) is 23.0 Å². The third-order valence-corrected chi connectivity index (χ3v) is 4.01. The molecule has 0 amide bonds. The molecule has 0 spiro atoms. The molecule has 4 rings (SSSR count). The Balaban J connectivity index is 1.91. The lowest BCUT2D eigenvalue weighted by atomic mass is 9.87. The van der Waals surface area contributed by atoms with Crippen molar-refractivity contribution in [2.45, 2.75) is 19.3 Å². The number of nitrogens with one attached hydrogen (secondary N) is 1. The number of hydrogen-bond acceptors (Lipinski definition) is 5. The van der Waals surface area contributed by atoms with Crippen molar-refractivity contribution in [3.05, 3.63) is 63.8 Å². The number of rotatable bonds is 1. The van der Waals surface area contributed by atoms with Crippen molar-refractivity contribution in [3.63, 3.8) is 0 Å². The summed E-state index contributed by atoms with van der Waals surface area (Å²) in [7, 11) is 0. The lowest BCUT2D eigenvalue weighted by Crippen LogP contribution is -2.28. The minimum absolute atomic E-state index is 0.130. The summed E-state index contributed by atoms with van der Waals surface area (Å²) in [6.45, 7) is 1.75. The number of nitrogens with zero attached hydrogens (tertiary/aromatic N) is 2. The minimum Gasteiger partial charge on any atom is -0.426 e. The quantitative estimate of drug-likeness (QED) is 0.696. The van der Waals surface area contributed by atoms with Gasteiger partial charge in [0.1, 0.15) is 5.75 Å². The number of aryl methyl sites for hydroxylation is 1. The SMILES string of the molecule is Cc1cc2c(c(=O)[nH]1)[C@H](c1ccc3nccnc3c1)CC(=O)O2. The molecule has 6 heteroatoms. The molecule has 1 N–H and O–H groups in total. The van der Waals surface area contributed by atoms with Gasteiger partial charge in [0.25, 0.3) is 5.56 Å². The summed E-state index contributed by atoms with van der Waals surface area (Å²) in [6, 6.07) is 7.28. The van der Waals surface area contributed by atoms with Crippen LogP contribution < -0.4 is 10.3 Å². The first kappa shape index (κ1) is 13.6. The molecule has 0 bridgehead atoms. The fourth-order valence-corrected chi connectivity index (χ4v) is 3.00. The first-order valence-corrected chi connectivity index (χ1v) is 7.27. The van der Waals surface area contributed by atoms with Crippen LogP contribution in [0.4, 0.5) is 0 Å². The minimum atomic E-state index is -0.345. The number of hydrogen-bond donors (Lipinski definition) is 1. The number of ether oxygens (including phenoxy) is 1. The van der Waals surface area contributed by atoms with Gasteiger partial charge in [0.2, 0.25) is 0 Å². The highest BCUT2D eigenvalue weighted by Gasteiger charge is 2.31. The number of pyridine rings is 1. The van der Waals surface area contributed by atoms with Crippen LogP contribution in [-0.2, 0) is 4.79 Å². The molecule has 0 aliphatic carbocycles. The van der Waals surface area contributed by atoms with E-state index in [0.717, 1.165) is 16.6 Å². The summed E-state index contributed by atoms with van der Waals surface area (Å²) < 4.78 is 5.25. The maximum Gasteiger partial charge on any atom is 0.312 e. The molecule has 6 nitrogen and oxygen atoms in total. The molecule has 1 aromatic carbocycles. The van der Waals surface area contributed by atoms with Gasteiger partial charge in [-0.15, -0.1) is 0 Å². The Labute approximate surface area is 131 Å². The van der Waals surface area contributed by atoms with Gasteiger partial charge < -0.3 is 9.72 Å². The number of esters is 1. The largest absolute Gasteiger partial charge is 0.426 e. The Kier molecular flexibility index (Phi) is 2.97. The Hall–Kier alpha value is -3.02. The maximum atomic E-state index is 12.4. The summed E-state index contributed by atoms with van der Waals surface area (Å²) in [4.78, 5) is 35.6. The summed E-state index contributed by atoms with van der Waals surface area (Å²) >= 11 is 0. The molecular formula is C17H13N3O3. The first-order valence-electron chi connectivity index (χ1n) is 7.27. The zero-order valence-electron chi connectivity index (χ0n) is 12.4. The van der Waals surface area contributed by atoms with Crippen molar-refractivity contribution in [3.8, 4) is 5.75 Å². The molecule has 0 saturated carbocycles. The van der Waals surface area contributed by atoms with Gasteiger partial charge in [0, 0.05) is 30.1 Å². The van der Waals surface area contributed by atoms with Gasteiger partial charge >= 0.3 is 5.97 Å². The highest BCUT2D eigenvalue weighted by atomic mass is 16.5. The van der Waals surface area contributed by atoms with E-state index in [1.165, 1.54) is 0 Å². The molecule has 1 atom stereocenters. The van der Waals surface area contributed by atoms with Crippen LogP contribution in [-0.4, -0.2) is 20.9 Å². The Bertz CT molecular complexity index is 994. The zero-order valence-corrected chi connectivity index (χ0v) is 12.4.